The summed E-state index contributed by atoms with van der Waals surface area (Å²) in [6, 6.07) is 53.6. The van der Waals surface area contributed by atoms with Crippen molar-refractivity contribution in [2.45, 2.75) is 102 Å². The van der Waals surface area contributed by atoms with Crippen molar-refractivity contribution in [2.75, 3.05) is 0 Å². The fourth-order valence-corrected chi connectivity index (χ4v) is 15.5. The Labute approximate surface area is 420 Å². The van der Waals surface area contributed by atoms with Crippen LogP contribution in [0.1, 0.15) is 114 Å². The smallest absolute Gasteiger partial charge is 0.260 e. The maximum atomic E-state index is 7.77. The fraction of sp³-hybridized carbons (Fsp3) is 0.242. The van der Waals surface area contributed by atoms with Gasteiger partial charge in [0.05, 0.1) is 22.2 Å². The van der Waals surface area contributed by atoms with Gasteiger partial charge in [-0.05, 0) is 188 Å². The molecule has 17 rings (SSSR count). The van der Waals surface area contributed by atoms with Crippen LogP contribution in [0.2, 0.25) is 0 Å². The Morgan fingerprint density at radius 3 is 1.76 bits per heavy atom. The van der Waals surface area contributed by atoms with Gasteiger partial charge < -0.3 is 23.2 Å². The van der Waals surface area contributed by atoms with E-state index < -0.39 is 0 Å². The molecule has 2 aliphatic heterocycles. The molecule has 0 amide bonds. The molecule has 5 aliphatic carbocycles. The van der Waals surface area contributed by atoms with Crippen LogP contribution in [0, 0.1) is 0 Å². The van der Waals surface area contributed by atoms with E-state index in [1.54, 1.807) is 11.1 Å². The van der Waals surface area contributed by atoms with E-state index in [9.17, 15) is 0 Å². The summed E-state index contributed by atoms with van der Waals surface area (Å²) in [7, 11) is 0. The third-order valence-corrected chi connectivity index (χ3v) is 18.4. The van der Waals surface area contributed by atoms with Gasteiger partial charge in [0.1, 0.15) is 23.0 Å². The molecule has 0 spiro atoms. The van der Waals surface area contributed by atoms with Crippen molar-refractivity contribution in [3.8, 4) is 40.1 Å². The number of para-hydroxylation sites is 3. The van der Waals surface area contributed by atoms with Crippen LogP contribution in [0.15, 0.2) is 145 Å². The Bertz CT molecular complexity index is 4060. The van der Waals surface area contributed by atoms with Crippen LogP contribution in [0.4, 0.5) is 0 Å². The summed E-state index contributed by atoms with van der Waals surface area (Å²) in [6.07, 6.45) is 17.4. The maximum Gasteiger partial charge on any atom is 0.260 e. The van der Waals surface area contributed by atoms with Crippen LogP contribution in [0.5, 0.6) is 23.0 Å². The second-order valence-corrected chi connectivity index (χ2v) is 22.0. The first-order valence-corrected chi connectivity index (χ1v) is 27.2. The van der Waals surface area contributed by atoms with Crippen molar-refractivity contribution in [2.24, 2.45) is 0 Å². The summed E-state index contributed by atoms with van der Waals surface area (Å²) in [5, 5.41) is 4.14. The number of hydrogen-bond acceptors (Lipinski definition) is 2. The summed E-state index contributed by atoms with van der Waals surface area (Å²) < 4.78 is 23.1. The van der Waals surface area contributed by atoms with Crippen molar-refractivity contribution in [1.29, 1.82) is 0 Å². The monoisotopic (exact) mass is 931 g/mol. The Hall–Kier alpha value is -7.44. The third kappa shape index (κ3) is 5.45. The van der Waals surface area contributed by atoms with E-state index in [0.29, 0.717) is 0 Å². The van der Waals surface area contributed by atoms with Crippen LogP contribution in [-0.2, 0) is 38.5 Å². The molecule has 7 aromatic carbocycles. The van der Waals surface area contributed by atoms with Crippen molar-refractivity contribution in [1.82, 2.24) is 13.7 Å². The molecule has 5 nitrogen and oxygen atoms in total. The number of aromatic nitrogens is 3. The highest BCUT2D eigenvalue weighted by molar-refractivity contribution is 6.98. The molecule has 6 heteroatoms. The second kappa shape index (κ2) is 15.1. The lowest BCUT2D eigenvalue weighted by Crippen LogP contribution is -2.57. The van der Waals surface area contributed by atoms with E-state index in [2.05, 4.69) is 153 Å². The average molecular weight is 932 g/mol. The zero-order valence-electron chi connectivity index (χ0n) is 40.7. The minimum atomic E-state index is -0.118. The number of aryl methyl sites for hydroxylation is 3. The molecular formula is C66H54BN3O2. The van der Waals surface area contributed by atoms with E-state index in [4.69, 9.17) is 9.47 Å². The van der Waals surface area contributed by atoms with Gasteiger partial charge in [-0.1, -0.05) is 96.9 Å². The summed E-state index contributed by atoms with van der Waals surface area (Å²) >= 11 is 0. The Balaban J connectivity index is 0.952. The first-order valence-electron chi connectivity index (χ1n) is 27.2. The quantitative estimate of drug-likeness (QED) is 0.165. The lowest BCUT2D eigenvalue weighted by molar-refractivity contribution is 0.461. The highest BCUT2D eigenvalue weighted by atomic mass is 16.5. The molecule has 7 aliphatic rings. The lowest BCUT2D eigenvalue weighted by atomic mass is 9.34. The van der Waals surface area contributed by atoms with E-state index in [1.807, 2.05) is 0 Å². The van der Waals surface area contributed by atoms with Gasteiger partial charge in [0.2, 0.25) is 0 Å². The summed E-state index contributed by atoms with van der Waals surface area (Å²) in [5.41, 5.74) is 27.1. The maximum absolute atomic E-state index is 7.77. The number of allylic oxidation sites excluding steroid dienone is 2. The first-order chi connectivity index (χ1) is 35.7. The topological polar surface area (TPSA) is 33.2 Å². The molecule has 0 saturated carbocycles. The minimum absolute atomic E-state index is 0.118. The predicted octanol–water partition coefficient (Wildman–Crippen LogP) is 14.0. The van der Waals surface area contributed by atoms with Crippen molar-refractivity contribution in [3.63, 3.8) is 0 Å². The Kier molecular flexibility index (Phi) is 8.40. The number of fused-ring (bicyclic) bond motifs is 15. The molecule has 0 fully saturated rings. The highest BCUT2D eigenvalue weighted by Gasteiger charge is 2.44. The van der Waals surface area contributed by atoms with Crippen LogP contribution in [0.25, 0.3) is 55.3 Å². The molecule has 0 saturated heterocycles. The molecule has 3 aromatic heterocycles. The molecule has 1 atom stereocenters. The van der Waals surface area contributed by atoms with Crippen molar-refractivity contribution < 1.29 is 9.47 Å². The van der Waals surface area contributed by atoms with Gasteiger partial charge in [0.15, 0.2) is 0 Å². The molecule has 1 unspecified atom stereocenters. The molecule has 0 bridgehead atoms. The molecular weight excluding hydrogens is 878 g/mol. The minimum Gasteiger partial charge on any atom is -0.458 e. The number of benzene rings is 7. The standard InChI is InChI=1S/C66H54BN3O2/c1-2-16-42-43-17-4-5-23-51(43)64(50(42)22-3-1)39-34-62-65-63(35-39)72-66-53(67(65)52-33-32-40(38-61(52)71-62)68-54-26-10-6-18-44(54)45-19-7-11-27-55(45)68)36-41(69-56-28-12-8-20-46(56)48-24-14-30-57(48)69)37-60(66)70-58-29-13-9-21-47(58)49-25-15-31-59(49)70/h4-6,8-10,12-13,17-18,20-21,23,26,28-29,32-38,64H,1-3,7,11,14-16,19,22,24-25,27,30-31H2. The molecule has 0 radical (unpaired) electrons. The molecule has 72 heavy (non-hydrogen) atoms. The number of ether oxygens (including phenoxy) is 2. The number of rotatable bonds is 4. The van der Waals surface area contributed by atoms with Crippen LogP contribution < -0.4 is 25.9 Å². The van der Waals surface area contributed by atoms with Gasteiger partial charge in [0, 0.05) is 62.1 Å². The van der Waals surface area contributed by atoms with Crippen LogP contribution >= 0.6 is 0 Å². The normalized spacial score (nSPS) is 18.0. The second-order valence-electron chi connectivity index (χ2n) is 22.0. The summed E-state index contributed by atoms with van der Waals surface area (Å²) in [5.74, 6) is 3.92. The van der Waals surface area contributed by atoms with Crippen molar-refractivity contribution >= 4 is 61.4 Å². The number of nitrogens with zero attached hydrogens (tertiary/aromatic N) is 3. The molecule has 348 valence electrons. The zero-order chi connectivity index (χ0) is 46.8. The van der Waals surface area contributed by atoms with Crippen LogP contribution in [0.3, 0.4) is 0 Å². The van der Waals surface area contributed by atoms with Gasteiger partial charge in [0.25, 0.3) is 6.71 Å². The van der Waals surface area contributed by atoms with Gasteiger partial charge in [-0.3, -0.25) is 0 Å². The summed E-state index contributed by atoms with van der Waals surface area (Å²) in [6.45, 7) is -0.118. The fourth-order valence-electron chi connectivity index (χ4n) is 15.5. The highest BCUT2D eigenvalue weighted by Crippen LogP contribution is 2.53. The lowest BCUT2D eigenvalue weighted by Gasteiger charge is -2.36. The van der Waals surface area contributed by atoms with Crippen molar-refractivity contribution in [3.05, 3.63) is 196 Å². The molecule has 10 aromatic rings. The van der Waals surface area contributed by atoms with Crippen LogP contribution in [-0.4, -0.2) is 20.4 Å². The van der Waals surface area contributed by atoms with E-state index in [-0.39, 0.29) is 12.6 Å². The first kappa shape index (κ1) is 40.2. The largest absolute Gasteiger partial charge is 0.458 e. The molecule has 5 heterocycles. The van der Waals surface area contributed by atoms with Gasteiger partial charge in [-0.2, -0.15) is 0 Å². The SMILES string of the molecule is c1ccc2c(c1)C1=C(CCCCC1)C2c1cc2c3c(c1)Oc1c(cc(-n4c5c(c6ccccc64)CCC5)cc1-n1c4c(c5ccccc51)CCC4)B3c1ccc(-n3c4c(c5ccccc53)CCCC4)cc1O2. The van der Waals surface area contributed by atoms with Gasteiger partial charge in [-0.15, -0.1) is 0 Å². The number of hydrogen-bond donors (Lipinski definition) is 0. The third-order valence-electron chi connectivity index (χ3n) is 18.4. The molecule has 0 N–H and O–H groups in total. The van der Waals surface area contributed by atoms with E-state index in [0.717, 1.165) is 85.5 Å². The average Bonchev–Trinajstić information content (AvgIpc) is 4.27. The Morgan fingerprint density at radius 1 is 0.431 bits per heavy atom. The van der Waals surface area contributed by atoms with Gasteiger partial charge in [-0.25, -0.2) is 0 Å². The Morgan fingerprint density at radius 2 is 1.01 bits per heavy atom. The predicted molar refractivity (Wildman–Crippen MR) is 294 cm³/mol. The van der Waals surface area contributed by atoms with E-state index >= 15 is 0 Å². The zero-order valence-corrected chi connectivity index (χ0v) is 40.7. The summed E-state index contributed by atoms with van der Waals surface area (Å²) in [4.78, 5) is 0. The van der Waals surface area contributed by atoms with E-state index in [1.165, 1.54) is 150 Å². The van der Waals surface area contributed by atoms with Gasteiger partial charge >= 0.3 is 0 Å².